The van der Waals surface area contributed by atoms with E-state index in [2.05, 4.69) is 5.32 Å². The number of nitrogens with one attached hydrogen (secondary N) is 1. The first kappa shape index (κ1) is 18.6. The predicted molar refractivity (Wildman–Crippen MR) is 98.7 cm³/mol. The molecule has 0 spiro atoms. The lowest BCUT2D eigenvalue weighted by atomic mass is 10.1. The lowest BCUT2D eigenvalue weighted by Crippen LogP contribution is -2.51. The van der Waals surface area contributed by atoms with Crippen LogP contribution in [0.2, 0.25) is 10.0 Å². The van der Waals surface area contributed by atoms with Gasteiger partial charge in [0.2, 0.25) is 0 Å². The second kappa shape index (κ2) is 8.97. The van der Waals surface area contributed by atoms with Crippen molar-refractivity contribution in [2.75, 3.05) is 26.3 Å². The first-order valence-electron chi connectivity index (χ1n) is 8.87. The SMILES string of the molecule is O=C(NC1CCCOCC1)N1CCCC(Oc2ccc(Cl)c(Cl)c2)C1. The van der Waals surface area contributed by atoms with Crippen molar-refractivity contribution >= 4 is 29.2 Å². The van der Waals surface area contributed by atoms with Gasteiger partial charge < -0.3 is 19.7 Å². The van der Waals surface area contributed by atoms with Crippen LogP contribution in [0.1, 0.15) is 32.1 Å². The summed E-state index contributed by atoms with van der Waals surface area (Å²) in [5.41, 5.74) is 0. The van der Waals surface area contributed by atoms with Crippen LogP contribution < -0.4 is 10.1 Å². The normalized spacial score (nSPS) is 24.5. The lowest BCUT2D eigenvalue weighted by molar-refractivity contribution is 0.0994. The topological polar surface area (TPSA) is 50.8 Å². The third-order valence-corrected chi connectivity index (χ3v) is 5.38. The molecule has 0 saturated carbocycles. The van der Waals surface area contributed by atoms with E-state index >= 15 is 0 Å². The lowest BCUT2D eigenvalue weighted by Gasteiger charge is -2.34. The first-order chi connectivity index (χ1) is 12.1. The Bertz CT molecular complexity index is 592. The molecule has 0 bridgehead atoms. The zero-order valence-electron chi connectivity index (χ0n) is 14.2. The van der Waals surface area contributed by atoms with E-state index in [-0.39, 0.29) is 18.2 Å². The number of likely N-dealkylation sites (tertiary alicyclic amines) is 1. The largest absolute Gasteiger partial charge is 0.489 e. The molecule has 2 amide bonds. The highest BCUT2D eigenvalue weighted by Crippen LogP contribution is 2.28. The fourth-order valence-corrected chi connectivity index (χ4v) is 3.56. The van der Waals surface area contributed by atoms with Crippen molar-refractivity contribution in [3.8, 4) is 5.75 Å². The minimum atomic E-state index is -0.0331. The molecular formula is C18H24Cl2N2O3. The molecule has 2 saturated heterocycles. The molecule has 0 radical (unpaired) electrons. The highest BCUT2D eigenvalue weighted by Gasteiger charge is 2.26. The number of ether oxygens (including phenoxy) is 2. The molecule has 7 heteroatoms. The van der Waals surface area contributed by atoms with E-state index in [0.29, 0.717) is 28.9 Å². The summed E-state index contributed by atoms with van der Waals surface area (Å²) in [7, 11) is 0. The summed E-state index contributed by atoms with van der Waals surface area (Å²) < 4.78 is 11.4. The van der Waals surface area contributed by atoms with Gasteiger partial charge in [-0.2, -0.15) is 0 Å². The standard InChI is InChI=1S/C18H24Cl2N2O3/c19-16-6-5-14(11-17(16)20)25-15-4-1-8-22(12-15)18(23)21-13-3-2-9-24-10-7-13/h5-6,11,13,15H,1-4,7-10,12H2,(H,21,23). The van der Waals surface area contributed by atoms with E-state index in [1.165, 1.54) is 0 Å². The molecule has 3 rings (SSSR count). The first-order valence-corrected chi connectivity index (χ1v) is 9.62. The molecule has 2 heterocycles. The predicted octanol–water partition coefficient (Wildman–Crippen LogP) is 4.12. The maximum absolute atomic E-state index is 12.6. The van der Waals surface area contributed by atoms with Crippen molar-refractivity contribution in [2.24, 2.45) is 0 Å². The molecule has 0 aromatic heterocycles. The van der Waals surface area contributed by atoms with Crippen LogP contribution in [0.5, 0.6) is 5.75 Å². The molecule has 2 atom stereocenters. The molecule has 2 aliphatic heterocycles. The van der Waals surface area contributed by atoms with E-state index in [9.17, 15) is 4.79 Å². The van der Waals surface area contributed by atoms with E-state index in [0.717, 1.165) is 45.3 Å². The summed E-state index contributed by atoms with van der Waals surface area (Å²) in [5.74, 6) is 0.683. The molecule has 1 aromatic rings. The summed E-state index contributed by atoms with van der Waals surface area (Å²) in [6.07, 6.45) is 4.66. The van der Waals surface area contributed by atoms with E-state index < -0.39 is 0 Å². The molecule has 138 valence electrons. The molecule has 2 fully saturated rings. The average Bonchev–Trinajstić information content (AvgIpc) is 2.87. The number of hydrogen-bond donors (Lipinski definition) is 1. The van der Waals surface area contributed by atoms with Gasteiger partial charge in [-0.1, -0.05) is 23.2 Å². The quantitative estimate of drug-likeness (QED) is 0.849. The number of urea groups is 1. The molecule has 1 aromatic carbocycles. The minimum absolute atomic E-state index is 0.00524. The van der Waals surface area contributed by atoms with Gasteiger partial charge >= 0.3 is 6.03 Å². The number of carbonyl (C=O) groups excluding carboxylic acids is 1. The maximum Gasteiger partial charge on any atom is 0.317 e. The van der Waals surface area contributed by atoms with Gasteiger partial charge in [0.15, 0.2) is 0 Å². The van der Waals surface area contributed by atoms with Crippen LogP contribution in [0.3, 0.4) is 0 Å². The zero-order valence-corrected chi connectivity index (χ0v) is 15.7. The van der Waals surface area contributed by atoms with Gasteiger partial charge in [-0.05, 0) is 44.2 Å². The van der Waals surface area contributed by atoms with E-state index in [1.54, 1.807) is 18.2 Å². The number of amides is 2. The van der Waals surface area contributed by atoms with Crippen molar-refractivity contribution in [3.05, 3.63) is 28.2 Å². The van der Waals surface area contributed by atoms with Gasteiger partial charge in [-0.15, -0.1) is 0 Å². The van der Waals surface area contributed by atoms with Gasteiger partial charge in [0.1, 0.15) is 11.9 Å². The molecule has 2 unspecified atom stereocenters. The monoisotopic (exact) mass is 386 g/mol. The van der Waals surface area contributed by atoms with Gasteiger partial charge in [0.25, 0.3) is 0 Å². The minimum Gasteiger partial charge on any atom is -0.489 e. The molecule has 25 heavy (non-hydrogen) atoms. The number of halogens is 2. The van der Waals surface area contributed by atoms with Crippen LogP contribution in [0.4, 0.5) is 4.79 Å². The van der Waals surface area contributed by atoms with Crippen molar-refractivity contribution < 1.29 is 14.3 Å². The van der Waals surface area contributed by atoms with Crippen LogP contribution in [0, 0.1) is 0 Å². The maximum atomic E-state index is 12.6. The van der Waals surface area contributed by atoms with Gasteiger partial charge in [0.05, 0.1) is 16.6 Å². The fourth-order valence-electron chi connectivity index (χ4n) is 3.28. The van der Waals surface area contributed by atoms with Crippen LogP contribution in [-0.2, 0) is 4.74 Å². The summed E-state index contributed by atoms with van der Waals surface area (Å²) in [5, 5.41) is 4.12. The zero-order chi connectivity index (χ0) is 17.6. The summed E-state index contributed by atoms with van der Waals surface area (Å²) in [4.78, 5) is 14.4. The van der Waals surface area contributed by atoms with Crippen molar-refractivity contribution in [1.29, 1.82) is 0 Å². The highest BCUT2D eigenvalue weighted by molar-refractivity contribution is 6.42. The third kappa shape index (κ3) is 5.40. The number of hydrogen-bond acceptors (Lipinski definition) is 3. The highest BCUT2D eigenvalue weighted by atomic mass is 35.5. The Hall–Kier alpha value is -1.17. The molecule has 1 N–H and O–H groups in total. The van der Waals surface area contributed by atoms with Gasteiger partial charge in [0, 0.05) is 31.9 Å². The smallest absolute Gasteiger partial charge is 0.317 e. The second-order valence-corrected chi connectivity index (χ2v) is 7.41. The Morgan fingerprint density at radius 2 is 2.04 bits per heavy atom. The van der Waals surface area contributed by atoms with Crippen LogP contribution in [0.15, 0.2) is 18.2 Å². The number of rotatable bonds is 3. The summed E-state index contributed by atoms with van der Waals surface area (Å²) in [6.45, 7) is 2.84. The Labute approximate surface area is 158 Å². The average molecular weight is 387 g/mol. The van der Waals surface area contributed by atoms with Crippen molar-refractivity contribution in [1.82, 2.24) is 10.2 Å². The molecule has 5 nitrogen and oxygen atoms in total. The molecular weight excluding hydrogens is 363 g/mol. The number of benzene rings is 1. The Kier molecular flexibility index (Phi) is 6.68. The van der Waals surface area contributed by atoms with E-state index in [4.69, 9.17) is 32.7 Å². The third-order valence-electron chi connectivity index (χ3n) is 4.64. The second-order valence-electron chi connectivity index (χ2n) is 6.59. The number of piperidine rings is 1. The van der Waals surface area contributed by atoms with Crippen LogP contribution in [0.25, 0.3) is 0 Å². The van der Waals surface area contributed by atoms with Crippen LogP contribution in [-0.4, -0.2) is 49.4 Å². The molecule has 0 aliphatic carbocycles. The number of carbonyl (C=O) groups is 1. The summed E-state index contributed by atoms with van der Waals surface area (Å²) in [6, 6.07) is 5.44. The Balaban J connectivity index is 1.53. The van der Waals surface area contributed by atoms with Crippen LogP contribution >= 0.6 is 23.2 Å². The summed E-state index contributed by atoms with van der Waals surface area (Å²) >= 11 is 12.0. The Morgan fingerprint density at radius 1 is 1.16 bits per heavy atom. The van der Waals surface area contributed by atoms with Gasteiger partial charge in [-0.25, -0.2) is 4.79 Å². The Morgan fingerprint density at radius 3 is 2.88 bits per heavy atom. The fraction of sp³-hybridized carbons (Fsp3) is 0.611. The van der Waals surface area contributed by atoms with Gasteiger partial charge in [-0.3, -0.25) is 0 Å². The molecule has 2 aliphatic rings. The van der Waals surface area contributed by atoms with Crippen molar-refractivity contribution in [3.63, 3.8) is 0 Å². The number of nitrogens with zero attached hydrogens (tertiary/aromatic N) is 1. The van der Waals surface area contributed by atoms with E-state index in [1.807, 2.05) is 4.90 Å². The van der Waals surface area contributed by atoms with Crippen molar-refractivity contribution in [2.45, 2.75) is 44.2 Å².